The van der Waals surface area contributed by atoms with Crippen LogP contribution < -0.4 is 20.1 Å². The number of likely N-dealkylation sites (N-methyl/N-ethyl adjacent to an activating group) is 4. The van der Waals surface area contributed by atoms with Gasteiger partial charge in [-0.15, -0.1) is 0 Å². The number of carbonyl (C=O) groups is 2. The van der Waals surface area contributed by atoms with Gasteiger partial charge in [0.15, 0.2) is 0 Å². The molecule has 2 heterocycles. The number of amides is 2. The number of hydrogen-bond acceptors (Lipinski definition) is 14. The molecule has 2 amide bonds. The van der Waals surface area contributed by atoms with E-state index in [2.05, 4.69) is 20.4 Å². The van der Waals surface area contributed by atoms with Gasteiger partial charge in [-0.05, 0) is 126 Å². The average molecular weight is 1020 g/mol. The van der Waals surface area contributed by atoms with Crippen LogP contribution >= 0.6 is 0 Å². The second kappa shape index (κ2) is 27.0. The molecule has 2 aromatic rings. The van der Waals surface area contributed by atoms with Crippen molar-refractivity contribution < 1.29 is 45.4 Å². The van der Waals surface area contributed by atoms with Crippen LogP contribution in [-0.2, 0) is 39.1 Å². The Morgan fingerprint density at radius 3 is 1.21 bits per heavy atom. The molecule has 4 atom stereocenters. The maximum absolute atomic E-state index is 13.1. The van der Waals surface area contributed by atoms with Gasteiger partial charge in [-0.1, -0.05) is 0 Å². The van der Waals surface area contributed by atoms with Gasteiger partial charge >= 0.3 is 0 Å². The molecular formula is C50H84N8O10S2. The summed E-state index contributed by atoms with van der Waals surface area (Å²) in [6.07, 6.45) is 8.70. The van der Waals surface area contributed by atoms with E-state index >= 15 is 0 Å². The van der Waals surface area contributed by atoms with Crippen LogP contribution in [0.2, 0.25) is 0 Å². The van der Waals surface area contributed by atoms with Gasteiger partial charge in [0.25, 0.3) is 0 Å². The lowest BCUT2D eigenvalue weighted by molar-refractivity contribution is -0.138. The Morgan fingerprint density at radius 1 is 0.571 bits per heavy atom. The third-order valence-electron chi connectivity index (χ3n) is 14.7. The van der Waals surface area contributed by atoms with Crippen molar-refractivity contribution in [2.45, 2.75) is 113 Å². The monoisotopic (exact) mass is 1020 g/mol. The molecule has 2 aromatic carbocycles. The van der Waals surface area contributed by atoms with Crippen LogP contribution in [0.3, 0.4) is 0 Å². The van der Waals surface area contributed by atoms with E-state index in [1.807, 2.05) is 23.9 Å². The highest BCUT2D eigenvalue weighted by Crippen LogP contribution is 2.31. The van der Waals surface area contributed by atoms with Crippen LogP contribution in [-0.4, -0.2) is 215 Å². The number of benzene rings is 2. The molecule has 20 heteroatoms. The molecule has 396 valence electrons. The van der Waals surface area contributed by atoms with Crippen molar-refractivity contribution in [3.8, 4) is 11.5 Å². The fourth-order valence-corrected chi connectivity index (χ4v) is 13.6. The first-order chi connectivity index (χ1) is 33.3. The van der Waals surface area contributed by atoms with Crippen LogP contribution in [0, 0.1) is 27.7 Å². The van der Waals surface area contributed by atoms with Gasteiger partial charge in [-0.2, -0.15) is 8.61 Å². The largest absolute Gasteiger partial charge is 0.497 e. The van der Waals surface area contributed by atoms with Gasteiger partial charge < -0.3 is 39.4 Å². The zero-order valence-corrected chi connectivity index (χ0v) is 45.4. The number of methoxy groups -OCH3 is 2. The summed E-state index contributed by atoms with van der Waals surface area (Å²) in [5.41, 5.74) is 2.55. The van der Waals surface area contributed by atoms with Crippen molar-refractivity contribution in [2.75, 3.05) is 134 Å². The number of carbonyl (C=O) groups excluding carboxylic acids is 2. The molecule has 4 fully saturated rings. The summed E-state index contributed by atoms with van der Waals surface area (Å²) < 4.78 is 76.8. The van der Waals surface area contributed by atoms with Gasteiger partial charge in [-0.25, -0.2) is 16.8 Å². The Balaban J connectivity index is 0.000000261. The van der Waals surface area contributed by atoms with Crippen molar-refractivity contribution in [2.24, 2.45) is 0 Å². The number of aryl methyl sites for hydroxylation is 4. The summed E-state index contributed by atoms with van der Waals surface area (Å²) in [7, 11) is 2.55. The highest BCUT2D eigenvalue weighted by molar-refractivity contribution is 7.89. The fourth-order valence-electron chi connectivity index (χ4n) is 10.5. The Bertz CT molecular complexity index is 2040. The van der Waals surface area contributed by atoms with E-state index in [0.29, 0.717) is 45.8 Å². The normalized spacial score (nSPS) is 21.8. The maximum Gasteiger partial charge on any atom is 0.248 e. The first-order valence-electron chi connectivity index (χ1n) is 25.1. The van der Waals surface area contributed by atoms with E-state index in [1.165, 1.54) is 35.5 Å². The van der Waals surface area contributed by atoms with E-state index in [0.717, 1.165) is 90.9 Å². The molecule has 0 bridgehead atoms. The molecule has 2 unspecified atom stereocenters. The van der Waals surface area contributed by atoms with Crippen molar-refractivity contribution >= 4 is 31.9 Å². The highest BCUT2D eigenvalue weighted by Gasteiger charge is 2.33. The Hall–Kier alpha value is -3.44. The van der Waals surface area contributed by atoms with E-state index in [1.54, 1.807) is 66.2 Å². The first kappa shape index (κ1) is 57.5. The number of nitrogens with one attached hydrogen (secondary N) is 2. The lowest BCUT2D eigenvalue weighted by Gasteiger charge is -2.42. The van der Waals surface area contributed by atoms with Crippen molar-refractivity contribution in [1.29, 1.82) is 0 Å². The van der Waals surface area contributed by atoms with Crippen LogP contribution in [0.4, 0.5) is 0 Å². The first-order valence-corrected chi connectivity index (χ1v) is 28.0. The summed E-state index contributed by atoms with van der Waals surface area (Å²) in [4.78, 5) is 34.9. The molecule has 18 nitrogen and oxygen atoms in total. The van der Waals surface area contributed by atoms with Gasteiger partial charge in [0.1, 0.15) is 24.7 Å². The van der Waals surface area contributed by atoms with Gasteiger partial charge in [-0.3, -0.25) is 19.4 Å². The van der Waals surface area contributed by atoms with Crippen LogP contribution in [0.15, 0.2) is 34.1 Å². The molecule has 0 aromatic heterocycles. The van der Waals surface area contributed by atoms with E-state index < -0.39 is 20.0 Å². The highest BCUT2D eigenvalue weighted by atomic mass is 32.2. The standard InChI is InChI=1S/2C25H42N4O5S/c2*1-19-15-23(33-5)16-20(2)25(19)35(31,32)27(3)13-14-34-18-24(30)28(4)21-7-6-8-22(17-21)29-11-9-26-10-12-29/h2*15-16,21-22,26H,6-14,17-18H2,1-5H3/t21?,22-;21-,22?/m01/s1. The number of piperazine rings is 2. The quantitative estimate of drug-likeness (QED) is 0.185. The third-order valence-corrected chi connectivity index (χ3v) is 19.0. The molecule has 2 N–H and O–H groups in total. The SMILES string of the molecule is COc1cc(C)c(S(=O)(=O)N(C)CCOCC(=O)N(C)C2CCC[C@H](N3CCNCC3)C2)c(C)c1.COc1cc(C)c(S(=O)(=O)N(C)CCOCC(=O)N(C)[C@@H]2CCCC(N3CCNCC3)C2)c(C)c1. The fraction of sp³-hybridized carbons (Fsp3) is 0.720. The molecule has 2 saturated carbocycles. The molecule has 6 rings (SSSR count). The summed E-state index contributed by atoms with van der Waals surface area (Å²) in [5.74, 6) is 1.15. The number of sulfonamides is 2. The van der Waals surface area contributed by atoms with Gasteiger partial charge in [0, 0.05) is 118 Å². The summed E-state index contributed by atoms with van der Waals surface area (Å²) in [5, 5.41) is 6.80. The van der Waals surface area contributed by atoms with E-state index in [4.69, 9.17) is 18.9 Å². The van der Waals surface area contributed by atoms with E-state index in [-0.39, 0.29) is 73.2 Å². The zero-order valence-electron chi connectivity index (χ0n) is 43.8. The van der Waals surface area contributed by atoms with Crippen molar-refractivity contribution in [3.63, 3.8) is 0 Å². The average Bonchev–Trinajstić information content (AvgIpc) is 3.35. The maximum atomic E-state index is 13.1. The predicted molar refractivity (Wildman–Crippen MR) is 273 cm³/mol. The molecule has 2 aliphatic carbocycles. The summed E-state index contributed by atoms with van der Waals surface area (Å²) in [6.45, 7) is 16.0. The number of ether oxygens (including phenoxy) is 4. The molecule has 70 heavy (non-hydrogen) atoms. The molecule has 0 spiro atoms. The summed E-state index contributed by atoms with van der Waals surface area (Å²) >= 11 is 0. The Labute approximate surface area is 419 Å². The third kappa shape index (κ3) is 15.3. The van der Waals surface area contributed by atoms with Crippen molar-refractivity contribution in [1.82, 2.24) is 38.8 Å². The molecule has 2 saturated heterocycles. The Morgan fingerprint density at radius 2 is 0.900 bits per heavy atom. The zero-order chi connectivity index (χ0) is 51.2. The lowest BCUT2D eigenvalue weighted by Crippen LogP contribution is -2.52. The number of hydrogen-bond donors (Lipinski definition) is 2. The van der Waals surface area contributed by atoms with E-state index in [9.17, 15) is 26.4 Å². The van der Waals surface area contributed by atoms with Gasteiger partial charge in [0.05, 0.1) is 37.2 Å². The molecule has 0 radical (unpaired) electrons. The number of nitrogens with zero attached hydrogens (tertiary/aromatic N) is 6. The number of rotatable bonds is 20. The summed E-state index contributed by atoms with van der Waals surface area (Å²) in [6, 6.07) is 8.40. The smallest absolute Gasteiger partial charge is 0.248 e. The second-order valence-corrected chi connectivity index (χ2v) is 23.4. The lowest BCUT2D eigenvalue weighted by atomic mass is 9.88. The molecule has 2 aliphatic heterocycles. The van der Waals surface area contributed by atoms with Crippen LogP contribution in [0.25, 0.3) is 0 Å². The topological polar surface area (TPSA) is 183 Å². The van der Waals surface area contributed by atoms with Crippen LogP contribution in [0.5, 0.6) is 11.5 Å². The van der Waals surface area contributed by atoms with Crippen molar-refractivity contribution in [3.05, 3.63) is 46.5 Å². The minimum atomic E-state index is -3.68. The Kier molecular flexibility index (Phi) is 22.2. The van der Waals surface area contributed by atoms with Crippen LogP contribution in [0.1, 0.15) is 73.6 Å². The van der Waals surface area contributed by atoms with Gasteiger partial charge in [0.2, 0.25) is 31.9 Å². The minimum absolute atomic E-state index is 0.0419. The molecular weight excluding hydrogens is 937 g/mol. The molecule has 4 aliphatic rings. The minimum Gasteiger partial charge on any atom is -0.497 e. The predicted octanol–water partition coefficient (Wildman–Crippen LogP) is 3.25. The second-order valence-electron chi connectivity index (χ2n) is 19.5.